The minimum absolute atomic E-state index is 0.0974. The summed E-state index contributed by atoms with van der Waals surface area (Å²) < 4.78 is 0. The first kappa shape index (κ1) is 21.1. The highest BCUT2D eigenvalue weighted by Gasteiger charge is 2.49. The molecule has 0 saturated carbocycles. The number of hydrogen-bond acceptors (Lipinski definition) is 4. The van der Waals surface area contributed by atoms with Gasteiger partial charge in [0.05, 0.1) is 10.0 Å². The highest BCUT2D eigenvalue weighted by Crippen LogP contribution is 2.30. The summed E-state index contributed by atoms with van der Waals surface area (Å²) in [7, 11) is 0. The number of benzene rings is 1. The molecule has 0 radical (unpaired) electrons. The van der Waals surface area contributed by atoms with E-state index in [4.69, 9.17) is 23.2 Å². The van der Waals surface area contributed by atoms with Gasteiger partial charge in [0.15, 0.2) is 5.82 Å². The highest BCUT2D eigenvalue weighted by molar-refractivity contribution is 6.36. The standard InChI is InChI=1S/C20H20Cl2N4O3/c1-11(2)12-4-6-13(7-5-12)20(3)18(28)26(19(29)25-20)10-16(27)24-17-15(22)8-14(21)9-23-17/h4-9,11H,10H2,1-3H3,(H,25,29)(H,23,24,27). The Morgan fingerprint density at radius 1 is 1.24 bits per heavy atom. The van der Waals surface area contributed by atoms with Crippen LogP contribution in [0.4, 0.5) is 10.6 Å². The Labute approximate surface area is 178 Å². The molecule has 1 aromatic heterocycles. The van der Waals surface area contributed by atoms with Crippen molar-refractivity contribution in [2.75, 3.05) is 11.9 Å². The van der Waals surface area contributed by atoms with Gasteiger partial charge in [-0.25, -0.2) is 9.78 Å². The fourth-order valence-electron chi connectivity index (χ4n) is 3.06. The summed E-state index contributed by atoms with van der Waals surface area (Å²) in [5.41, 5.74) is 0.520. The third-order valence-electron chi connectivity index (χ3n) is 4.80. The lowest BCUT2D eigenvalue weighted by atomic mass is 9.90. The third kappa shape index (κ3) is 4.21. The first-order valence-corrected chi connectivity index (χ1v) is 9.73. The number of amides is 4. The summed E-state index contributed by atoms with van der Waals surface area (Å²) in [5.74, 6) is -0.672. The van der Waals surface area contributed by atoms with Gasteiger partial charge >= 0.3 is 6.03 Å². The number of urea groups is 1. The lowest BCUT2D eigenvalue weighted by Gasteiger charge is -2.22. The van der Waals surface area contributed by atoms with Crippen molar-refractivity contribution < 1.29 is 14.4 Å². The second-order valence-electron chi connectivity index (χ2n) is 7.26. The topological polar surface area (TPSA) is 91.4 Å². The highest BCUT2D eigenvalue weighted by atomic mass is 35.5. The van der Waals surface area contributed by atoms with Gasteiger partial charge in [-0.05, 0) is 30.0 Å². The number of pyridine rings is 1. The van der Waals surface area contributed by atoms with Crippen LogP contribution >= 0.6 is 23.2 Å². The number of halogens is 2. The molecule has 152 valence electrons. The molecule has 1 saturated heterocycles. The normalized spacial score (nSPS) is 18.9. The average Bonchev–Trinajstić information content (AvgIpc) is 2.88. The van der Waals surface area contributed by atoms with Gasteiger partial charge in [-0.15, -0.1) is 0 Å². The Bertz CT molecular complexity index is 978. The number of aromatic nitrogens is 1. The monoisotopic (exact) mass is 434 g/mol. The number of rotatable bonds is 5. The molecule has 4 amide bonds. The fourth-order valence-corrected chi connectivity index (χ4v) is 3.49. The minimum atomic E-state index is -1.25. The maximum absolute atomic E-state index is 13.0. The van der Waals surface area contributed by atoms with Crippen LogP contribution in [0.1, 0.15) is 37.8 Å². The van der Waals surface area contributed by atoms with Crippen molar-refractivity contribution >= 4 is 46.9 Å². The summed E-state index contributed by atoms with van der Waals surface area (Å²) in [4.78, 5) is 42.5. The van der Waals surface area contributed by atoms with Crippen LogP contribution in [0.3, 0.4) is 0 Å². The maximum atomic E-state index is 13.0. The number of anilines is 1. The second kappa shape index (κ2) is 8.00. The summed E-state index contributed by atoms with van der Waals surface area (Å²) in [6, 6.07) is 8.26. The molecule has 1 aliphatic heterocycles. The van der Waals surface area contributed by atoms with Crippen LogP contribution in [0.15, 0.2) is 36.5 Å². The average molecular weight is 435 g/mol. The first-order valence-electron chi connectivity index (χ1n) is 8.97. The van der Waals surface area contributed by atoms with Gasteiger partial charge < -0.3 is 10.6 Å². The predicted octanol–water partition coefficient (Wildman–Crippen LogP) is 3.92. The van der Waals surface area contributed by atoms with Crippen LogP contribution in [-0.2, 0) is 15.1 Å². The van der Waals surface area contributed by atoms with Gasteiger partial charge in [-0.1, -0.05) is 61.3 Å². The van der Waals surface area contributed by atoms with E-state index in [-0.39, 0.29) is 10.8 Å². The van der Waals surface area contributed by atoms with Crippen LogP contribution in [-0.4, -0.2) is 34.3 Å². The zero-order valence-electron chi connectivity index (χ0n) is 16.1. The zero-order chi connectivity index (χ0) is 21.3. The number of carbonyl (C=O) groups excluding carboxylic acids is 3. The van der Waals surface area contributed by atoms with E-state index in [1.165, 1.54) is 12.3 Å². The predicted molar refractivity (Wildman–Crippen MR) is 111 cm³/mol. The van der Waals surface area contributed by atoms with Crippen molar-refractivity contribution in [3.8, 4) is 0 Å². The smallest absolute Gasteiger partial charge is 0.319 e. The molecular weight excluding hydrogens is 415 g/mol. The van der Waals surface area contributed by atoms with E-state index < -0.39 is 29.9 Å². The van der Waals surface area contributed by atoms with E-state index in [2.05, 4.69) is 29.5 Å². The van der Waals surface area contributed by atoms with E-state index in [1.54, 1.807) is 6.92 Å². The van der Waals surface area contributed by atoms with E-state index in [9.17, 15) is 14.4 Å². The van der Waals surface area contributed by atoms with Crippen molar-refractivity contribution in [1.82, 2.24) is 15.2 Å². The third-order valence-corrected chi connectivity index (χ3v) is 5.29. The van der Waals surface area contributed by atoms with Crippen molar-refractivity contribution in [2.45, 2.75) is 32.2 Å². The molecule has 0 aliphatic carbocycles. The van der Waals surface area contributed by atoms with Crippen molar-refractivity contribution in [2.24, 2.45) is 0 Å². The number of carbonyl (C=O) groups is 3. The van der Waals surface area contributed by atoms with E-state index in [1.807, 2.05) is 24.3 Å². The number of imide groups is 1. The Hall–Kier alpha value is -2.64. The SMILES string of the molecule is CC(C)c1ccc(C2(C)NC(=O)N(CC(=O)Nc3ncc(Cl)cc3Cl)C2=O)cc1. The molecule has 29 heavy (non-hydrogen) atoms. The van der Waals surface area contributed by atoms with Crippen LogP contribution in [0.2, 0.25) is 10.0 Å². The van der Waals surface area contributed by atoms with Gasteiger partial charge in [-0.3, -0.25) is 14.5 Å². The van der Waals surface area contributed by atoms with Gasteiger partial charge in [0.1, 0.15) is 12.1 Å². The Morgan fingerprint density at radius 3 is 2.48 bits per heavy atom. The van der Waals surface area contributed by atoms with E-state index in [0.717, 1.165) is 10.5 Å². The molecule has 1 fully saturated rings. The number of nitrogens with one attached hydrogen (secondary N) is 2. The van der Waals surface area contributed by atoms with Crippen molar-refractivity contribution in [3.63, 3.8) is 0 Å². The van der Waals surface area contributed by atoms with Gasteiger partial charge in [0.25, 0.3) is 5.91 Å². The second-order valence-corrected chi connectivity index (χ2v) is 8.10. The number of hydrogen-bond donors (Lipinski definition) is 2. The van der Waals surface area contributed by atoms with Gasteiger partial charge in [-0.2, -0.15) is 0 Å². The lowest BCUT2D eigenvalue weighted by molar-refractivity contribution is -0.133. The van der Waals surface area contributed by atoms with Gasteiger partial charge in [0, 0.05) is 6.20 Å². The molecular formula is C20H20Cl2N4O3. The molecule has 2 aromatic rings. The summed E-state index contributed by atoms with van der Waals surface area (Å²) in [6.07, 6.45) is 1.33. The molecule has 2 heterocycles. The molecule has 0 spiro atoms. The Balaban J connectivity index is 1.75. The summed E-state index contributed by atoms with van der Waals surface area (Å²) >= 11 is 11.8. The Morgan fingerprint density at radius 2 is 1.90 bits per heavy atom. The van der Waals surface area contributed by atoms with Crippen LogP contribution in [0.25, 0.3) is 0 Å². The molecule has 1 unspecified atom stereocenters. The zero-order valence-corrected chi connectivity index (χ0v) is 17.6. The van der Waals surface area contributed by atoms with E-state index >= 15 is 0 Å². The molecule has 7 nitrogen and oxygen atoms in total. The molecule has 2 N–H and O–H groups in total. The fraction of sp³-hybridized carbons (Fsp3) is 0.300. The lowest BCUT2D eigenvalue weighted by Crippen LogP contribution is -2.42. The minimum Gasteiger partial charge on any atom is -0.319 e. The quantitative estimate of drug-likeness (QED) is 0.697. The molecule has 0 bridgehead atoms. The van der Waals surface area contributed by atoms with Crippen molar-refractivity contribution in [1.29, 1.82) is 0 Å². The van der Waals surface area contributed by atoms with Crippen LogP contribution in [0, 0.1) is 0 Å². The molecule has 1 atom stereocenters. The Kier molecular flexibility index (Phi) is 5.82. The number of nitrogens with zero attached hydrogens (tertiary/aromatic N) is 2. The first-order chi connectivity index (χ1) is 13.6. The summed E-state index contributed by atoms with van der Waals surface area (Å²) in [6.45, 7) is 5.29. The van der Waals surface area contributed by atoms with Crippen LogP contribution < -0.4 is 10.6 Å². The summed E-state index contributed by atoms with van der Waals surface area (Å²) in [5, 5.41) is 5.63. The molecule has 9 heteroatoms. The van der Waals surface area contributed by atoms with Gasteiger partial charge in [0.2, 0.25) is 5.91 Å². The maximum Gasteiger partial charge on any atom is 0.325 e. The van der Waals surface area contributed by atoms with Crippen molar-refractivity contribution in [3.05, 3.63) is 57.7 Å². The van der Waals surface area contributed by atoms with Crippen LogP contribution in [0.5, 0.6) is 0 Å². The van der Waals surface area contributed by atoms with E-state index in [0.29, 0.717) is 16.5 Å². The molecule has 1 aliphatic rings. The molecule has 1 aromatic carbocycles. The largest absolute Gasteiger partial charge is 0.325 e. The molecule has 3 rings (SSSR count).